The fourth-order valence-corrected chi connectivity index (χ4v) is 2.59. The van der Waals surface area contributed by atoms with Gasteiger partial charge in [0.25, 0.3) is 6.47 Å². The first kappa shape index (κ1) is 17.0. The molecule has 120 valence electrons. The van der Waals surface area contributed by atoms with E-state index in [2.05, 4.69) is 28.3 Å². The Morgan fingerprint density at radius 3 is 2.45 bits per heavy atom. The van der Waals surface area contributed by atoms with Gasteiger partial charge in [0.2, 0.25) is 0 Å². The second-order valence-corrected chi connectivity index (χ2v) is 6.68. The van der Waals surface area contributed by atoms with Crippen molar-refractivity contribution in [3.8, 4) is 0 Å². The standard InChI is InChI=1S/C12H12ClNO.C5H10O2/c13-12-4-10-6-14-5-9(10)3-11(12)8-1-2-15-7-8;1-5(2,3)7-4-6/h1,3-4,14H,2,5-7H2;4H,1-3H3. The molecule has 0 saturated heterocycles. The lowest BCUT2D eigenvalue weighted by Gasteiger charge is -2.14. The Hall–Kier alpha value is -1.36. The molecule has 0 aliphatic carbocycles. The van der Waals surface area contributed by atoms with Crippen LogP contribution in [0.15, 0.2) is 18.2 Å². The average molecular weight is 324 g/mol. The predicted molar refractivity (Wildman–Crippen MR) is 87.7 cm³/mol. The van der Waals surface area contributed by atoms with E-state index in [1.165, 1.54) is 16.7 Å². The molecule has 0 fully saturated rings. The van der Waals surface area contributed by atoms with Gasteiger partial charge in [-0.15, -0.1) is 0 Å². The summed E-state index contributed by atoms with van der Waals surface area (Å²) < 4.78 is 9.87. The van der Waals surface area contributed by atoms with Gasteiger partial charge in [-0.3, -0.25) is 4.79 Å². The van der Waals surface area contributed by atoms with E-state index < -0.39 is 0 Å². The van der Waals surface area contributed by atoms with E-state index in [0.717, 1.165) is 23.7 Å². The van der Waals surface area contributed by atoms with Gasteiger partial charge in [0, 0.05) is 18.1 Å². The molecule has 0 unspecified atom stereocenters. The summed E-state index contributed by atoms with van der Waals surface area (Å²) in [5, 5.41) is 4.17. The van der Waals surface area contributed by atoms with Crippen LogP contribution in [0, 0.1) is 0 Å². The SMILES string of the molecule is CC(C)(C)OC=O.Clc1cc2c(cc1C1=CCOC1)CNC2. The highest BCUT2D eigenvalue weighted by Gasteiger charge is 2.17. The fourth-order valence-electron chi connectivity index (χ4n) is 2.29. The second kappa shape index (κ2) is 7.27. The third-order valence-electron chi connectivity index (χ3n) is 3.37. The molecule has 0 spiro atoms. The monoisotopic (exact) mass is 323 g/mol. The maximum Gasteiger partial charge on any atom is 0.293 e. The zero-order valence-corrected chi connectivity index (χ0v) is 14.0. The third-order valence-corrected chi connectivity index (χ3v) is 3.69. The molecule has 0 radical (unpaired) electrons. The number of carbonyl (C=O) groups is 1. The molecule has 0 bridgehead atoms. The Morgan fingerprint density at radius 1 is 1.27 bits per heavy atom. The van der Waals surface area contributed by atoms with E-state index in [-0.39, 0.29) is 5.60 Å². The molecular formula is C17H22ClNO3. The summed E-state index contributed by atoms with van der Waals surface area (Å²) in [7, 11) is 0. The Labute approximate surface area is 136 Å². The topological polar surface area (TPSA) is 47.6 Å². The number of rotatable bonds is 2. The lowest BCUT2D eigenvalue weighted by molar-refractivity contribution is -0.138. The normalized spacial score (nSPS) is 16.5. The fraction of sp³-hybridized carbons (Fsp3) is 0.471. The van der Waals surface area contributed by atoms with Crippen molar-refractivity contribution in [3.05, 3.63) is 39.9 Å². The summed E-state index contributed by atoms with van der Waals surface area (Å²) in [5.41, 5.74) is 4.72. The van der Waals surface area contributed by atoms with Crippen molar-refractivity contribution >= 4 is 23.6 Å². The lowest BCUT2D eigenvalue weighted by atomic mass is 10.0. The maximum atomic E-state index is 9.60. The molecule has 1 aromatic carbocycles. The van der Waals surface area contributed by atoms with E-state index in [4.69, 9.17) is 16.3 Å². The smallest absolute Gasteiger partial charge is 0.293 e. The van der Waals surface area contributed by atoms with Gasteiger partial charge in [-0.05, 0) is 55.2 Å². The van der Waals surface area contributed by atoms with Crippen LogP contribution in [0.4, 0.5) is 0 Å². The minimum atomic E-state index is -0.318. The molecular weight excluding hydrogens is 302 g/mol. The zero-order valence-electron chi connectivity index (χ0n) is 13.2. The maximum absolute atomic E-state index is 9.60. The predicted octanol–water partition coefficient (Wildman–Crippen LogP) is 3.31. The van der Waals surface area contributed by atoms with E-state index >= 15 is 0 Å². The molecule has 1 aromatic rings. The number of carbonyl (C=O) groups excluding carboxylic acids is 1. The van der Waals surface area contributed by atoms with Crippen LogP contribution in [-0.4, -0.2) is 25.3 Å². The molecule has 0 saturated carbocycles. The Bertz CT molecular complexity index is 576. The quantitative estimate of drug-likeness (QED) is 0.848. The number of halogens is 1. The number of ether oxygens (including phenoxy) is 2. The van der Waals surface area contributed by atoms with E-state index in [1.807, 2.05) is 20.8 Å². The second-order valence-electron chi connectivity index (χ2n) is 6.28. The van der Waals surface area contributed by atoms with E-state index in [0.29, 0.717) is 19.7 Å². The summed E-state index contributed by atoms with van der Waals surface area (Å²) in [5.74, 6) is 0. The Kier molecular flexibility index (Phi) is 5.62. The van der Waals surface area contributed by atoms with Crippen LogP contribution in [0.25, 0.3) is 5.57 Å². The van der Waals surface area contributed by atoms with Crippen molar-refractivity contribution in [1.82, 2.24) is 5.32 Å². The first-order valence-electron chi connectivity index (χ1n) is 7.31. The summed E-state index contributed by atoms with van der Waals surface area (Å²) in [6.45, 7) is 9.20. The van der Waals surface area contributed by atoms with Gasteiger partial charge in [-0.2, -0.15) is 0 Å². The van der Waals surface area contributed by atoms with Gasteiger partial charge < -0.3 is 14.8 Å². The molecule has 2 aliphatic heterocycles. The van der Waals surface area contributed by atoms with E-state index in [9.17, 15) is 4.79 Å². The van der Waals surface area contributed by atoms with Crippen LogP contribution in [0.1, 0.15) is 37.5 Å². The molecule has 0 amide bonds. The van der Waals surface area contributed by atoms with Crippen LogP contribution in [0.2, 0.25) is 5.02 Å². The molecule has 2 aliphatic rings. The van der Waals surface area contributed by atoms with Crippen molar-refractivity contribution in [3.63, 3.8) is 0 Å². The van der Waals surface area contributed by atoms with Crippen LogP contribution >= 0.6 is 11.6 Å². The molecule has 4 nitrogen and oxygen atoms in total. The summed E-state index contributed by atoms with van der Waals surface area (Å²) in [6.07, 6.45) is 2.11. The molecule has 22 heavy (non-hydrogen) atoms. The summed E-state index contributed by atoms with van der Waals surface area (Å²) in [4.78, 5) is 9.60. The number of fused-ring (bicyclic) bond motifs is 1. The highest BCUT2D eigenvalue weighted by Crippen LogP contribution is 2.31. The van der Waals surface area contributed by atoms with Gasteiger partial charge in [0.05, 0.1) is 13.2 Å². The van der Waals surface area contributed by atoms with Crippen molar-refractivity contribution in [2.24, 2.45) is 0 Å². The van der Waals surface area contributed by atoms with Crippen molar-refractivity contribution < 1.29 is 14.3 Å². The van der Waals surface area contributed by atoms with E-state index in [1.54, 1.807) is 0 Å². The number of hydrogen-bond donors (Lipinski definition) is 1. The summed E-state index contributed by atoms with van der Waals surface area (Å²) >= 11 is 6.26. The van der Waals surface area contributed by atoms with Crippen LogP contribution in [0.5, 0.6) is 0 Å². The van der Waals surface area contributed by atoms with Gasteiger partial charge in [0.15, 0.2) is 0 Å². The van der Waals surface area contributed by atoms with Crippen LogP contribution in [-0.2, 0) is 27.4 Å². The molecule has 0 atom stereocenters. The number of hydrogen-bond acceptors (Lipinski definition) is 4. The minimum Gasteiger partial charge on any atom is -0.462 e. The Morgan fingerprint density at radius 2 is 1.95 bits per heavy atom. The molecule has 2 heterocycles. The van der Waals surface area contributed by atoms with Crippen molar-refractivity contribution in [2.75, 3.05) is 13.2 Å². The molecule has 0 aromatic heterocycles. The van der Waals surface area contributed by atoms with Gasteiger partial charge >= 0.3 is 0 Å². The van der Waals surface area contributed by atoms with Crippen LogP contribution in [0.3, 0.4) is 0 Å². The van der Waals surface area contributed by atoms with Gasteiger partial charge in [-0.1, -0.05) is 17.7 Å². The van der Waals surface area contributed by atoms with Gasteiger partial charge in [-0.25, -0.2) is 0 Å². The number of nitrogens with one attached hydrogen (secondary N) is 1. The largest absolute Gasteiger partial charge is 0.462 e. The van der Waals surface area contributed by atoms with Crippen molar-refractivity contribution in [2.45, 2.75) is 39.5 Å². The lowest BCUT2D eigenvalue weighted by Crippen LogP contribution is -2.17. The minimum absolute atomic E-state index is 0.318. The highest BCUT2D eigenvalue weighted by molar-refractivity contribution is 6.32. The first-order chi connectivity index (χ1) is 10.4. The first-order valence-corrected chi connectivity index (χ1v) is 7.69. The van der Waals surface area contributed by atoms with Gasteiger partial charge in [0.1, 0.15) is 5.60 Å². The summed E-state index contributed by atoms with van der Waals surface area (Å²) in [6, 6.07) is 4.27. The Balaban J connectivity index is 0.000000217. The molecule has 5 heteroatoms. The number of benzene rings is 1. The zero-order chi connectivity index (χ0) is 16.2. The molecule has 3 rings (SSSR count). The third kappa shape index (κ3) is 4.57. The highest BCUT2D eigenvalue weighted by atomic mass is 35.5. The molecule has 1 N–H and O–H groups in total. The average Bonchev–Trinajstić information content (AvgIpc) is 3.07. The van der Waals surface area contributed by atoms with Crippen LogP contribution < -0.4 is 5.32 Å². The van der Waals surface area contributed by atoms with Crippen molar-refractivity contribution in [1.29, 1.82) is 0 Å².